The van der Waals surface area contributed by atoms with Gasteiger partial charge in [-0.2, -0.15) is 46.7 Å². The number of rotatable bonds is 1. The molecule has 0 amide bonds. The van der Waals surface area contributed by atoms with Crippen molar-refractivity contribution in [1.82, 2.24) is 0 Å². The maximum atomic E-state index is 3.35. The molecular weight excluding hydrogens is 412 g/mol. The van der Waals surface area contributed by atoms with E-state index < -0.39 is 0 Å². The first kappa shape index (κ1) is 19.9. The van der Waals surface area contributed by atoms with Gasteiger partial charge in [-0.1, -0.05) is 60.8 Å². The summed E-state index contributed by atoms with van der Waals surface area (Å²) in [5.74, 6) is 1.06. The summed E-state index contributed by atoms with van der Waals surface area (Å²) >= 11 is 0. The van der Waals surface area contributed by atoms with Gasteiger partial charge in [0, 0.05) is 0 Å². The van der Waals surface area contributed by atoms with Crippen molar-refractivity contribution in [2.24, 2.45) is 5.92 Å². The quantitative estimate of drug-likeness (QED) is 0.481. The Balaban J connectivity index is 0.000000359. The molecule has 1 aliphatic rings. The first-order valence-corrected chi connectivity index (χ1v) is 7.75. The summed E-state index contributed by atoms with van der Waals surface area (Å²) < 4.78 is 0. The first-order chi connectivity index (χ1) is 8.97. The van der Waals surface area contributed by atoms with Crippen LogP contribution >= 0.6 is 0 Å². The predicted molar refractivity (Wildman–Crippen MR) is 85.5 cm³/mol. The van der Waals surface area contributed by atoms with Crippen molar-refractivity contribution in [2.75, 3.05) is 0 Å². The van der Waals surface area contributed by atoms with E-state index in [2.05, 4.69) is 54.0 Å². The summed E-state index contributed by atoms with van der Waals surface area (Å²) in [4.78, 5) is 0. The maximum Gasteiger partial charge on any atom is 2.00 e. The van der Waals surface area contributed by atoms with Gasteiger partial charge < -0.3 is 6.42 Å². The first-order valence-electron chi connectivity index (χ1n) is 7.75. The van der Waals surface area contributed by atoms with Crippen LogP contribution in [0.3, 0.4) is 0 Å². The fraction of sp³-hybridized carbons (Fsp3) is 0.632. The van der Waals surface area contributed by atoms with Crippen LogP contribution < -0.4 is 0 Å². The van der Waals surface area contributed by atoms with Gasteiger partial charge in [0.15, 0.2) is 0 Å². The molecule has 0 heterocycles. The summed E-state index contributed by atoms with van der Waals surface area (Å²) in [6.07, 6.45) is 9.48. The average molecular weight is 442 g/mol. The third-order valence-electron chi connectivity index (χ3n) is 4.76. The molecular formula is C19H30W. The number of benzene rings is 1. The van der Waals surface area contributed by atoms with Gasteiger partial charge >= 0.3 is 21.1 Å². The Morgan fingerprint density at radius 2 is 1.35 bits per heavy atom. The van der Waals surface area contributed by atoms with Crippen molar-refractivity contribution in [1.29, 1.82) is 0 Å². The van der Waals surface area contributed by atoms with E-state index in [4.69, 9.17) is 0 Å². The van der Waals surface area contributed by atoms with Gasteiger partial charge in [-0.3, -0.25) is 0 Å². The third-order valence-corrected chi connectivity index (χ3v) is 4.76. The summed E-state index contributed by atoms with van der Waals surface area (Å²) in [5.41, 5.74) is 6.75. The Bertz CT molecular complexity index is 374. The maximum absolute atomic E-state index is 3.35. The van der Waals surface area contributed by atoms with E-state index in [1.54, 1.807) is 0 Å². The van der Waals surface area contributed by atoms with Crippen molar-refractivity contribution in [3.8, 4) is 0 Å². The minimum atomic E-state index is 0. The van der Waals surface area contributed by atoms with E-state index in [1.165, 1.54) is 59.9 Å². The van der Waals surface area contributed by atoms with E-state index in [9.17, 15) is 0 Å². The molecule has 0 atom stereocenters. The van der Waals surface area contributed by atoms with Crippen molar-refractivity contribution in [3.63, 3.8) is 0 Å². The van der Waals surface area contributed by atoms with E-state index >= 15 is 0 Å². The van der Waals surface area contributed by atoms with Crippen LogP contribution in [0, 0.1) is 53.0 Å². The smallest absolute Gasteiger partial charge is 0.328 e. The van der Waals surface area contributed by atoms with E-state index in [0.717, 1.165) is 5.92 Å². The van der Waals surface area contributed by atoms with E-state index in [-0.39, 0.29) is 21.1 Å². The number of hydrogen-bond acceptors (Lipinski definition) is 0. The Morgan fingerprint density at radius 3 is 1.70 bits per heavy atom. The second-order valence-electron chi connectivity index (χ2n) is 5.97. The normalized spacial score (nSPS) is 15.1. The van der Waals surface area contributed by atoms with Crippen molar-refractivity contribution in [2.45, 2.75) is 73.6 Å². The van der Waals surface area contributed by atoms with Gasteiger partial charge in [0.25, 0.3) is 0 Å². The van der Waals surface area contributed by atoms with Crippen LogP contribution in [-0.4, -0.2) is 0 Å². The summed E-state index contributed by atoms with van der Waals surface area (Å²) in [5, 5.41) is 0. The van der Waals surface area contributed by atoms with E-state index in [1.807, 2.05) is 0 Å². The number of aryl methyl sites for hydroxylation is 2. The van der Waals surface area contributed by atoms with Crippen LogP contribution in [0.25, 0.3) is 0 Å². The van der Waals surface area contributed by atoms with Gasteiger partial charge in [0.2, 0.25) is 0 Å². The zero-order chi connectivity index (χ0) is 14.4. The second kappa shape index (κ2) is 9.77. The molecule has 1 aliphatic carbocycles. The topological polar surface area (TPSA) is 0 Å². The monoisotopic (exact) mass is 442 g/mol. The Morgan fingerprint density at radius 1 is 0.900 bits per heavy atom. The fourth-order valence-electron chi connectivity index (χ4n) is 2.72. The molecule has 1 saturated carbocycles. The van der Waals surface area contributed by atoms with E-state index in [0.29, 0.717) is 0 Å². The van der Waals surface area contributed by atoms with Crippen LogP contribution in [0.1, 0.15) is 66.8 Å². The summed E-state index contributed by atoms with van der Waals surface area (Å²) in [6.45, 7) is 13.0. The standard InChI is InChI=1S/C11H15.C8H15.W/c1-7-6-8(2)10(4)11(5)9(7)3;1-2-8-6-4-3-5-7-8;/h1-5H3;3,8H,2,4-7H2,1H3;/q2*-1;+2. The molecule has 112 valence electrons. The van der Waals surface area contributed by atoms with Crippen molar-refractivity contribution < 1.29 is 21.1 Å². The minimum absolute atomic E-state index is 0. The molecule has 0 bridgehead atoms. The zero-order valence-corrected chi connectivity index (χ0v) is 17.0. The molecule has 1 aromatic carbocycles. The molecule has 0 N–H and O–H groups in total. The molecule has 0 radical (unpaired) electrons. The Kier molecular flexibility index (Phi) is 9.73. The Labute approximate surface area is 141 Å². The summed E-state index contributed by atoms with van der Waals surface area (Å²) in [7, 11) is 0. The molecule has 20 heavy (non-hydrogen) atoms. The fourth-order valence-corrected chi connectivity index (χ4v) is 2.72. The minimum Gasteiger partial charge on any atom is -0.328 e. The van der Waals surface area contributed by atoms with Gasteiger partial charge in [0.1, 0.15) is 0 Å². The predicted octanol–water partition coefficient (Wildman–Crippen LogP) is 5.82. The molecule has 1 aromatic rings. The molecule has 0 spiro atoms. The number of hydrogen-bond donors (Lipinski definition) is 0. The van der Waals surface area contributed by atoms with Gasteiger partial charge in [-0.25, -0.2) is 0 Å². The van der Waals surface area contributed by atoms with Crippen molar-refractivity contribution in [3.05, 3.63) is 40.3 Å². The van der Waals surface area contributed by atoms with Crippen LogP contribution in [-0.2, 0) is 21.1 Å². The second-order valence-corrected chi connectivity index (χ2v) is 5.97. The average Bonchev–Trinajstić information content (AvgIpc) is 2.44. The van der Waals surface area contributed by atoms with Crippen LogP contribution in [0.4, 0.5) is 0 Å². The molecule has 2 rings (SSSR count). The SMILES string of the molecule is CCC1CC[CH-]CC1.Cc1[c-]c(C)c(C)c(C)c1C.[W+2]. The van der Waals surface area contributed by atoms with Gasteiger partial charge in [-0.05, 0) is 5.92 Å². The Hall–Kier alpha value is -0.0917. The largest absolute Gasteiger partial charge is 2.00 e. The molecule has 0 nitrogen and oxygen atoms in total. The van der Waals surface area contributed by atoms with Gasteiger partial charge in [0.05, 0.1) is 0 Å². The molecule has 1 fully saturated rings. The molecule has 0 aromatic heterocycles. The van der Waals surface area contributed by atoms with Crippen molar-refractivity contribution >= 4 is 0 Å². The summed E-state index contributed by atoms with van der Waals surface area (Å²) in [6, 6.07) is 3.35. The van der Waals surface area contributed by atoms with Crippen LogP contribution in [0.5, 0.6) is 0 Å². The zero-order valence-electron chi connectivity index (χ0n) is 14.1. The molecule has 0 aliphatic heterocycles. The molecule has 1 heteroatoms. The third kappa shape index (κ3) is 5.72. The molecule has 0 saturated heterocycles. The van der Waals surface area contributed by atoms with Gasteiger partial charge in [-0.15, -0.1) is 0 Å². The van der Waals surface area contributed by atoms with Crippen LogP contribution in [0.15, 0.2) is 0 Å². The molecule has 0 unspecified atom stereocenters. The van der Waals surface area contributed by atoms with Crippen LogP contribution in [0.2, 0.25) is 0 Å².